The van der Waals surface area contributed by atoms with Crippen LogP contribution in [-0.4, -0.2) is 49.4 Å². The smallest absolute Gasteiger partial charge is 0.822 e. The largest absolute Gasteiger partial charge is 3.00 e. The molecule has 0 saturated carbocycles. The number of rotatable bonds is 0. The third-order valence-corrected chi connectivity index (χ3v) is 0. The normalized spacial score (nSPS) is 10.4. The molecule has 0 saturated heterocycles. The fourth-order valence-corrected chi connectivity index (χ4v) is 0. The van der Waals surface area contributed by atoms with Crippen LogP contribution >= 0.6 is 23.5 Å². The molecule has 17 heavy (non-hydrogen) atoms. The van der Waals surface area contributed by atoms with E-state index in [-0.39, 0.29) is 34.7 Å². The van der Waals surface area contributed by atoms with Gasteiger partial charge in [-0.25, -0.2) is 4.57 Å². The van der Waals surface area contributed by atoms with Crippen LogP contribution in [0.3, 0.4) is 0 Å². The standard InChI is InChI=1S/2Al.3H3O4P/c;;3*1-5(2,3)4/h;;3*(H3,1,2,3,4)/q2*+3;;;/p-6. The van der Waals surface area contributed by atoms with E-state index in [1.54, 1.807) is 0 Å². The van der Waals surface area contributed by atoms with Gasteiger partial charge in [0.05, 0.1) is 0 Å². The molecule has 17 heteroatoms. The maximum absolute atomic E-state index is 8.88. The van der Waals surface area contributed by atoms with E-state index in [4.69, 9.17) is 57.7 Å². The van der Waals surface area contributed by atoms with Crippen LogP contribution in [0.2, 0.25) is 0 Å². The van der Waals surface area contributed by atoms with E-state index in [9.17, 15) is 0 Å². The molecule has 0 radical (unpaired) electrons. The van der Waals surface area contributed by atoms with Gasteiger partial charge in [-0.2, -0.15) is 15.6 Å². The zero-order chi connectivity index (χ0) is 13.5. The Morgan fingerprint density at radius 3 is 0.588 bits per heavy atom. The van der Waals surface area contributed by atoms with E-state index in [1.807, 2.05) is 0 Å². The molecule has 0 bridgehead atoms. The summed E-state index contributed by atoms with van der Waals surface area (Å²) in [6.07, 6.45) is 0. The van der Waals surface area contributed by atoms with Gasteiger partial charge in [-0.05, 0) is 0 Å². The Morgan fingerprint density at radius 1 is 0.588 bits per heavy atom. The van der Waals surface area contributed by atoms with Crippen LogP contribution in [0.25, 0.3) is 0 Å². The fourth-order valence-electron chi connectivity index (χ4n) is 0. The van der Waals surface area contributed by atoms with E-state index >= 15 is 0 Å². The topological polar surface area (TPSA) is 250 Å². The average molecular weight is 342 g/mol. The molecule has 0 rings (SSSR count). The van der Waals surface area contributed by atoms with Crippen LogP contribution in [0.5, 0.6) is 0 Å². The molecule has 0 spiro atoms. The third-order valence-electron chi connectivity index (χ3n) is 0. The van der Waals surface area contributed by atoms with Crippen LogP contribution in [0, 0.1) is 0 Å². The van der Waals surface area contributed by atoms with Gasteiger partial charge in [-0.3, -0.25) is 0 Å². The zero-order valence-corrected chi connectivity index (χ0v) is 12.5. The first-order valence-electron chi connectivity index (χ1n) is 2.24. The maximum atomic E-state index is 8.88. The molecular weight excluding hydrogens is 339 g/mol. The molecule has 0 aromatic carbocycles. The van der Waals surface area contributed by atoms with Crippen molar-refractivity contribution >= 4 is 58.2 Å². The number of hydrogen-bond donors (Lipinski definition) is 3. The minimum Gasteiger partial charge on any atom is -0.822 e. The first-order valence-corrected chi connectivity index (χ1v) is 6.73. The minimum atomic E-state index is -5.39. The summed E-state index contributed by atoms with van der Waals surface area (Å²) in [6, 6.07) is 0. The van der Waals surface area contributed by atoms with Crippen molar-refractivity contribution < 1.29 is 57.7 Å². The van der Waals surface area contributed by atoms with Gasteiger partial charge in [0, 0.05) is 0 Å². The summed E-state index contributed by atoms with van der Waals surface area (Å²) in [5.74, 6) is 0. The number of hydrogen-bond acceptors (Lipinski definition) is 9. The van der Waals surface area contributed by atoms with E-state index in [0.717, 1.165) is 0 Å². The van der Waals surface area contributed by atoms with Gasteiger partial charge >= 0.3 is 42.5 Å². The van der Waals surface area contributed by atoms with Crippen molar-refractivity contribution in [2.24, 2.45) is 0 Å². The third kappa shape index (κ3) is 2120. The summed E-state index contributed by atoms with van der Waals surface area (Å²) in [7, 11) is -15.4. The van der Waals surface area contributed by atoms with Crippen molar-refractivity contribution in [3.63, 3.8) is 0 Å². The second-order valence-corrected chi connectivity index (χ2v) is 4.22. The van der Waals surface area contributed by atoms with E-state index in [2.05, 4.69) is 0 Å². The maximum Gasteiger partial charge on any atom is 3.00 e. The average Bonchev–Trinajstić information content (AvgIpc) is 1.41. The van der Waals surface area contributed by atoms with Crippen molar-refractivity contribution in [2.45, 2.75) is 0 Å². The Hall–Kier alpha value is 1.39. The Morgan fingerprint density at radius 2 is 0.588 bits per heavy atom. The van der Waals surface area contributed by atoms with Gasteiger partial charge in [0.2, 0.25) is 0 Å². The molecule has 0 aliphatic carbocycles. The second-order valence-electron chi connectivity index (χ2n) is 1.41. The van der Waals surface area contributed by atoms with Crippen LogP contribution < -0.4 is 29.4 Å². The molecule has 3 N–H and O–H groups in total. The molecule has 0 atom stereocenters. The van der Waals surface area contributed by atoms with Gasteiger partial charge in [-0.15, -0.1) is 0 Å². The summed E-state index contributed by atoms with van der Waals surface area (Å²) in [5, 5.41) is 0. The predicted molar refractivity (Wildman–Crippen MR) is 41.0 cm³/mol. The van der Waals surface area contributed by atoms with Crippen molar-refractivity contribution in [3.8, 4) is 0 Å². The Labute approximate surface area is 116 Å². The van der Waals surface area contributed by atoms with Crippen LogP contribution in [0.15, 0.2) is 0 Å². The summed E-state index contributed by atoms with van der Waals surface area (Å²) in [6.45, 7) is 0. The summed E-state index contributed by atoms with van der Waals surface area (Å²) >= 11 is 0. The van der Waals surface area contributed by atoms with Crippen molar-refractivity contribution in [1.29, 1.82) is 0 Å². The Balaban J connectivity index is -0.0000000400. The number of phosphoric acid groups is 3. The van der Waals surface area contributed by atoms with Crippen LogP contribution in [0.4, 0.5) is 0 Å². The van der Waals surface area contributed by atoms with Gasteiger partial charge in [0.1, 0.15) is 0 Å². The summed E-state index contributed by atoms with van der Waals surface area (Å²) in [5.41, 5.74) is 0. The van der Waals surface area contributed by atoms with Crippen LogP contribution in [0.1, 0.15) is 0 Å². The fraction of sp³-hybridized carbons (Fsp3) is 0. The summed E-state index contributed by atoms with van der Waals surface area (Å²) in [4.78, 5) is 72.9. The molecule has 0 fully saturated rings. The summed E-state index contributed by atoms with van der Waals surface area (Å²) < 4.78 is 26.0. The minimum absolute atomic E-state index is 0. The Kier molecular flexibility index (Phi) is 22.7. The van der Waals surface area contributed by atoms with Gasteiger partial charge in [0.15, 0.2) is 0 Å². The molecule has 12 nitrogen and oxygen atoms in total. The van der Waals surface area contributed by atoms with Crippen LogP contribution in [-0.2, 0) is 13.7 Å². The predicted octanol–water partition coefficient (Wildman–Crippen LogP) is -7.34. The first-order chi connectivity index (χ1) is 6.00. The molecule has 0 aliphatic rings. The first kappa shape index (κ1) is 31.0. The molecule has 0 aromatic rings. The Bertz CT molecular complexity index is 206. The van der Waals surface area contributed by atoms with E-state index < -0.39 is 23.5 Å². The van der Waals surface area contributed by atoms with Crippen molar-refractivity contribution in [1.82, 2.24) is 0 Å². The zero-order valence-electron chi connectivity index (χ0n) is 7.51. The van der Waals surface area contributed by atoms with Crippen molar-refractivity contribution in [3.05, 3.63) is 0 Å². The SMILES string of the molecule is O=P(O)(O)O.O=P([O-])([O-])[O-].O=P([O-])([O-])[O-].[Al+3].[Al+3]. The molecule has 96 valence electrons. The molecule has 0 aliphatic heterocycles. The monoisotopic (exact) mass is 342 g/mol. The van der Waals surface area contributed by atoms with Gasteiger partial charge in [0.25, 0.3) is 0 Å². The molecule has 0 heterocycles. The second kappa shape index (κ2) is 12.4. The molecular formula is H3Al2O12P3. The van der Waals surface area contributed by atoms with Gasteiger partial charge in [-0.1, -0.05) is 0 Å². The molecule has 0 unspecified atom stereocenters. The van der Waals surface area contributed by atoms with E-state index in [1.165, 1.54) is 0 Å². The van der Waals surface area contributed by atoms with Gasteiger partial charge < -0.3 is 53.2 Å². The van der Waals surface area contributed by atoms with E-state index in [0.29, 0.717) is 0 Å². The molecule has 0 amide bonds. The quantitative estimate of drug-likeness (QED) is 0.274. The van der Waals surface area contributed by atoms with Crippen molar-refractivity contribution in [2.75, 3.05) is 0 Å². The molecule has 0 aromatic heterocycles.